The van der Waals surface area contributed by atoms with Crippen LogP contribution in [0.1, 0.15) is 17.5 Å². The molecule has 25 heavy (non-hydrogen) atoms. The molecule has 2 aromatic rings. The maximum absolute atomic E-state index is 10.7. The van der Waals surface area contributed by atoms with Gasteiger partial charge in [0.1, 0.15) is 12.3 Å². The Morgan fingerprint density at radius 2 is 2.04 bits per heavy atom. The van der Waals surface area contributed by atoms with Gasteiger partial charge in [-0.3, -0.25) is 4.55 Å². The number of ether oxygens (including phenoxy) is 1. The monoisotopic (exact) mass is 364 g/mol. The van der Waals surface area contributed by atoms with Crippen LogP contribution in [-0.4, -0.2) is 32.0 Å². The molecule has 0 radical (unpaired) electrons. The molecule has 0 aliphatic rings. The number of hydrogen-bond acceptors (Lipinski definition) is 5. The summed E-state index contributed by atoms with van der Waals surface area (Å²) in [6.07, 6.45) is 5.75. The van der Waals surface area contributed by atoms with E-state index in [0.29, 0.717) is 19.5 Å². The number of benzene rings is 1. The van der Waals surface area contributed by atoms with Crippen molar-refractivity contribution in [1.29, 1.82) is 0 Å². The Kier molecular flexibility index (Phi) is 6.91. The van der Waals surface area contributed by atoms with Gasteiger partial charge in [0.05, 0.1) is 31.2 Å². The van der Waals surface area contributed by atoms with Gasteiger partial charge in [-0.25, -0.2) is 4.57 Å². The van der Waals surface area contributed by atoms with E-state index >= 15 is 0 Å². The molecule has 0 aliphatic carbocycles. The highest BCUT2D eigenvalue weighted by molar-refractivity contribution is 7.85. The molecule has 8 heteroatoms. The molecule has 2 rings (SSSR count). The fourth-order valence-corrected chi connectivity index (χ4v) is 2.68. The van der Waals surface area contributed by atoms with Crippen LogP contribution in [0.4, 0.5) is 0 Å². The second kappa shape index (κ2) is 9.14. The highest BCUT2D eigenvalue weighted by Gasteiger charge is 2.07. The van der Waals surface area contributed by atoms with E-state index in [0.717, 1.165) is 16.9 Å². The summed E-state index contributed by atoms with van der Waals surface area (Å²) >= 11 is 0. The predicted molar refractivity (Wildman–Crippen MR) is 95.1 cm³/mol. The molecule has 0 spiro atoms. The lowest BCUT2D eigenvalue weighted by Crippen LogP contribution is -2.34. The Hall–Kier alpha value is -2.45. The third-order valence-electron chi connectivity index (χ3n) is 3.45. The summed E-state index contributed by atoms with van der Waals surface area (Å²) < 4.78 is 37.2. The zero-order chi connectivity index (χ0) is 18.1. The van der Waals surface area contributed by atoms with E-state index in [9.17, 15) is 8.42 Å². The first-order valence-corrected chi connectivity index (χ1v) is 9.40. The molecular formula is C17H22N3O4S+. The quantitative estimate of drug-likeness (QED) is 0.304. The number of nitrogens with zero attached hydrogens (tertiary/aromatic N) is 2. The van der Waals surface area contributed by atoms with Crippen LogP contribution in [-0.2, 0) is 23.2 Å². The van der Waals surface area contributed by atoms with E-state index in [2.05, 4.69) is 10.5 Å². The normalized spacial score (nSPS) is 11.6. The standard InChI is InChI=1S/C17H21N3O4S/c1-24-17-7-5-15(6-8-17)12-18-19-13-16-4-2-9-20(14-16)10-3-11-25(21,22)23/h2,4-9,13-14,18H,3,10-12H2,1H3/p+1/b19-13+. The topological polar surface area (TPSA) is 91.9 Å². The van der Waals surface area contributed by atoms with Crippen molar-refractivity contribution in [3.63, 3.8) is 0 Å². The Bertz CT molecular complexity index is 805. The average Bonchev–Trinajstić information content (AvgIpc) is 2.58. The number of hydrazone groups is 1. The first kappa shape index (κ1) is 18.9. The summed E-state index contributed by atoms with van der Waals surface area (Å²) in [5.41, 5.74) is 4.95. The van der Waals surface area contributed by atoms with Gasteiger partial charge in [0.15, 0.2) is 12.4 Å². The van der Waals surface area contributed by atoms with E-state index in [4.69, 9.17) is 9.29 Å². The molecule has 0 atom stereocenters. The molecular weight excluding hydrogens is 342 g/mol. The largest absolute Gasteiger partial charge is 0.497 e. The van der Waals surface area contributed by atoms with Crippen LogP contribution < -0.4 is 14.7 Å². The lowest BCUT2D eigenvalue weighted by molar-refractivity contribution is -0.696. The van der Waals surface area contributed by atoms with Crippen molar-refractivity contribution in [2.24, 2.45) is 5.10 Å². The summed E-state index contributed by atoms with van der Waals surface area (Å²) in [7, 11) is -2.28. The summed E-state index contributed by atoms with van der Waals surface area (Å²) in [5, 5.41) is 4.18. The molecule has 0 saturated carbocycles. The molecule has 134 valence electrons. The summed E-state index contributed by atoms with van der Waals surface area (Å²) in [4.78, 5) is 0. The fourth-order valence-electron chi connectivity index (χ4n) is 2.19. The maximum Gasteiger partial charge on any atom is 0.265 e. The second-order valence-electron chi connectivity index (χ2n) is 5.46. The maximum atomic E-state index is 10.7. The Labute approximate surface area is 147 Å². The summed E-state index contributed by atoms with van der Waals surface area (Å²) in [6.45, 7) is 1.10. The Morgan fingerprint density at radius 1 is 1.28 bits per heavy atom. The van der Waals surface area contributed by atoms with Gasteiger partial charge < -0.3 is 10.2 Å². The minimum atomic E-state index is -3.91. The van der Waals surface area contributed by atoms with Crippen molar-refractivity contribution >= 4 is 16.3 Å². The zero-order valence-corrected chi connectivity index (χ0v) is 14.8. The van der Waals surface area contributed by atoms with Gasteiger partial charge in [-0.2, -0.15) is 13.5 Å². The van der Waals surface area contributed by atoms with Crippen LogP contribution in [0.3, 0.4) is 0 Å². The molecule has 0 bridgehead atoms. The lowest BCUT2D eigenvalue weighted by atomic mass is 10.2. The van der Waals surface area contributed by atoms with Gasteiger partial charge in [-0.1, -0.05) is 12.1 Å². The molecule has 2 N–H and O–H groups in total. The van der Waals surface area contributed by atoms with E-state index in [-0.39, 0.29) is 5.75 Å². The van der Waals surface area contributed by atoms with Gasteiger partial charge in [-0.15, -0.1) is 0 Å². The van der Waals surface area contributed by atoms with Gasteiger partial charge in [0, 0.05) is 12.5 Å². The van der Waals surface area contributed by atoms with Crippen LogP contribution in [0, 0.1) is 0 Å². The molecule has 1 aromatic heterocycles. The van der Waals surface area contributed by atoms with E-state index < -0.39 is 10.1 Å². The van der Waals surface area contributed by atoms with Crippen molar-refractivity contribution in [2.45, 2.75) is 19.5 Å². The predicted octanol–water partition coefficient (Wildman–Crippen LogP) is 1.38. The highest BCUT2D eigenvalue weighted by Crippen LogP contribution is 2.10. The minimum Gasteiger partial charge on any atom is -0.497 e. The third kappa shape index (κ3) is 7.32. The van der Waals surface area contributed by atoms with Crippen molar-refractivity contribution in [3.05, 3.63) is 59.9 Å². The summed E-state index contributed by atoms with van der Waals surface area (Å²) in [6, 6.07) is 11.5. The number of rotatable bonds is 9. The van der Waals surface area contributed by atoms with Crippen LogP contribution in [0.2, 0.25) is 0 Å². The van der Waals surface area contributed by atoms with Crippen molar-refractivity contribution < 1.29 is 22.3 Å². The van der Waals surface area contributed by atoms with E-state index in [1.807, 2.05) is 53.4 Å². The second-order valence-corrected chi connectivity index (χ2v) is 7.03. The molecule has 0 aliphatic heterocycles. The fraction of sp³-hybridized carbons (Fsp3) is 0.294. The number of aromatic nitrogens is 1. The van der Waals surface area contributed by atoms with Crippen molar-refractivity contribution in [1.82, 2.24) is 5.43 Å². The minimum absolute atomic E-state index is 0.248. The number of nitrogens with one attached hydrogen (secondary N) is 1. The SMILES string of the molecule is COc1ccc(CN/N=C/c2ccc[n+](CCCS(=O)(=O)O)c2)cc1. The number of hydrogen-bond donors (Lipinski definition) is 2. The van der Waals surface area contributed by atoms with Gasteiger partial charge in [-0.05, 0) is 23.8 Å². The molecule has 0 unspecified atom stereocenters. The molecule has 7 nitrogen and oxygen atoms in total. The first-order chi connectivity index (χ1) is 12.0. The average molecular weight is 364 g/mol. The Balaban J connectivity index is 1.82. The van der Waals surface area contributed by atoms with Gasteiger partial charge in [0.25, 0.3) is 10.1 Å². The number of methoxy groups -OCH3 is 1. The molecule has 0 fully saturated rings. The van der Waals surface area contributed by atoms with Gasteiger partial charge >= 0.3 is 0 Å². The third-order valence-corrected chi connectivity index (χ3v) is 4.25. The van der Waals surface area contributed by atoms with Gasteiger partial charge in [0.2, 0.25) is 0 Å². The smallest absolute Gasteiger partial charge is 0.265 e. The highest BCUT2D eigenvalue weighted by atomic mass is 32.2. The van der Waals surface area contributed by atoms with Crippen molar-refractivity contribution in [3.8, 4) is 5.75 Å². The van der Waals surface area contributed by atoms with Crippen LogP contribution in [0.5, 0.6) is 5.75 Å². The van der Waals surface area contributed by atoms with Crippen molar-refractivity contribution in [2.75, 3.05) is 12.9 Å². The van der Waals surface area contributed by atoms with E-state index in [1.54, 1.807) is 13.3 Å². The Morgan fingerprint density at radius 3 is 2.72 bits per heavy atom. The van der Waals surface area contributed by atoms with Crippen LogP contribution >= 0.6 is 0 Å². The first-order valence-electron chi connectivity index (χ1n) is 7.79. The molecule has 0 amide bonds. The van der Waals surface area contributed by atoms with Crippen LogP contribution in [0.15, 0.2) is 53.9 Å². The summed E-state index contributed by atoms with van der Waals surface area (Å²) in [5.74, 6) is 0.567. The van der Waals surface area contributed by atoms with E-state index in [1.165, 1.54) is 0 Å². The number of pyridine rings is 1. The zero-order valence-electron chi connectivity index (χ0n) is 14.0. The molecule has 0 saturated heterocycles. The lowest BCUT2D eigenvalue weighted by Gasteiger charge is -2.03. The molecule has 1 heterocycles. The van der Waals surface area contributed by atoms with Crippen LogP contribution in [0.25, 0.3) is 0 Å². The number of aryl methyl sites for hydroxylation is 1. The molecule has 1 aromatic carbocycles.